The Morgan fingerprint density at radius 1 is 1.13 bits per heavy atom. The van der Waals surface area contributed by atoms with Gasteiger partial charge in [-0.3, -0.25) is 4.90 Å². The fourth-order valence-electron chi connectivity index (χ4n) is 3.61. The first-order valence-corrected chi connectivity index (χ1v) is 10.7. The summed E-state index contributed by atoms with van der Waals surface area (Å²) in [6.07, 6.45) is 0.0539. The first kappa shape index (κ1) is 23.0. The molecule has 0 saturated carbocycles. The Balaban J connectivity index is 1.85. The van der Waals surface area contributed by atoms with E-state index in [0.29, 0.717) is 26.1 Å². The number of hydrogen-bond donors (Lipinski definition) is 0. The highest BCUT2D eigenvalue weighted by Crippen LogP contribution is 2.35. The lowest BCUT2D eigenvalue weighted by molar-refractivity contribution is -0.115. The summed E-state index contributed by atoms with van der Waals surface area (Å²) in [4.78, 5) is 25.9. The van der Waals surface area contributed by atoms with Gasteiger partial charge in [0.1, 0.15) is 18.0 Å². The van der Waals surface area contributed by atoms with Gasteiger partial charge in [-0.25, -0.2) is 4.79 Å². The fraction of sp³-hybridized carbons (Fsp3) is 0.440. The zero-order chi connectivity index (χ0) is 22.3. The Morgan fingerprint density at radius 3 is 2.39 bits per heavy atom. The first-order valence-electron chi connectivity index (χ1n) is 10.7. The zero-order valence-electron chi connectivity index (χ0n) is 18.4. The molecule has 0 aliphatic carbocycles. The van der Waals surface area contributed by atoms with Crippen molar-refractivity contribution in [2.24, 2.45) is 0 Å². The van der Waals surface area contributed by atoms with Crippen LogP contribution in [0.5, 0.6) is 0 Å². The fourth-order valence-corrected chi connectivity index (χ4v) is 3.61. The van der Waals surface area contributed by atoms with Crippen molar-refractivity contribution >= 4 is 12.4 Å². The molecule has 3 atom stereocenters. The van der Waals surface area contributed by atoms with E-state index in [1.54, 1.807) is 4.90 Å². The molecule has 2 aromatic carbocycles. The van der Waals surface area contributed by atoms with E-state index in [4.69, 9.17) is 14.2 Å². The van der Waals surface area contributed by atoms with Gasteiger partial charge in [0.05, 0.1) is 19.3 Å². The van der Waals surface area contributed by atoms with Crippen LogP contribution >= 0.6 is 0 Å². The van der Waals surface area contributed by atoms with Crippen LogP contribution in [0.25, 0.3) is 0 Å². The van der Waals surface area contributed by atoms with Gasteiger partial charge in [-0.05, 0) is 38.3 Å². The Bertz CT molecular complexity index is 834. The smallest absolute Gasteiger partial charge is 0.413 e. The molecule has 3 rings (SSSR count). The highest BCUT2D eigenvalue weighted by molar-refractivity contribution is 5.69. The third-order valence-corrected chi connectivity index (χ3v) is 5.02. The average Bonchev–Trinajstić information content (AvgIpc) is 3.19. The van der Waals surface area contributed by atoms with Crippen molar-refractivity contribution in [2.45, 2.75) is 64.2 Å². The van der Waals surface area contributed by atoms with Gasteiger partial charge in [-0.1, -0.05) is 60.7 Å². The maximum Gasteiger partial charge on any atom is 0.413 e. The maximum absolute atomic E-state index is 13.2. The van der Waals surface area contributed by atoms with Crippen molar-refractivity contribution in [3.8, 4) is 0 Å². The molecule has 166 valence electrons. The number of carbonyl (C=O) groups is 2. The van der Waals surface area contributed by atoms with E-state index in [2.05, 4.69) is 0 Å². The van der Waals surface area contributed by atoms with Crippen LogP contribution < -0.4 is 0 Å². The van der Waals surface area contributed by atoms with Gasteiger partial charge in [-0.15, -0.1) is 0 Å². The standard InChI is InChI=1S/C25H31NO5/c1-25(2,3)31-24(28)26-21(20-13-8-5-9-14-20)18-30-23(26)22(15-10-16-27)29-17-19-11-6-4-7-12-19/h4-9,11-14,16,21-23H,10,15,17-18H2,1-3H3/t21-,22-,23+/m0/s1. The molecule has 1 aliphatic heterocycles. The minimum Gasteiger partial charge on any atom is -0.444 e. The largest absolute Gasteiger partial charge is 0.444 e. The number of aldehydes is 1. The molecule has 1 amide bonds. The van der Waals surface area contributed by atoms with E-state index in [0.717, 1.165) is 17.4 Å². The normalized spacial score (nSPS) is 19.8. The Hall–Kier alpha value is -2.70. The summed E-state index contributed by atoms with van der Waals surface area (Å²) in [6, 6.07) is 19.3. The third kappa shape index (κ3) is 6.39. The summed E-state index contributed by atoms with van der Waals surface area (Å²) in [7, 11) is 0. The van der Waals surface area contributed by atoms with Gasteiger partial charge in [0.2, 0.25) is 0 Å². The van der Waals surface area contributed by atoms with Gasteiger partial charge in [-0.2, -0.15) is 0 Å². The van der Waals surface area contributed by atoms with Gasteiger partial charge in [0.15, 0.2) is 6.23 Å². The number of ether oxygens (including phenoxy) is 3. The third-order valence-electron chi connectivity index (χ3n) is 5.02. The van der Waals surface area contributed by atoms with Crippen molar-refractivity contribution < 1.29 is 23.8 Å². The predicted molar refractivity (Wildman–Crippen MR) is 117 cm³/mol. The van der Waals surface area contributed by atoms with Crippen LogP contribution in [0, 0.1) is 0 Å². The van der Waals surface area contributed by atoms with Crippen molar-refractivity contribution in [3.63, 3.8) is 0 Å². The van der Waals surface area contributed by atoms with Crippen LogP contribution in [0.2, 0.25) is 0 Å². The van der Waals surface area contributed by atoms with Crippen LogP contribution in [0.4, 0.5) is 4.79 Å². The van der Waals surface area contributed by atoms with Gasteiger partial charge in [0, 0.05) is 6.42 Å². The number of nitrogens with zero attached hydrogens (tertiary/aromatic N) is 1. The van der Waals surface area contributed by atoms with Crippen LogP contribution in [-0.4, -0.2) is 41.8 Å². The molecule has 1 heterocycles. The lowest BCUT2D eigenvalue weighted by atomic mass is 10.1. The predicted octanol–water partition coefficient (Wildman–Crippen LogP) is 4.89. The molecule has 0 spiro atoms. The molecule has 6 heteroatoms. The molecule has 2 aromatic rings. The molecule has 6 nitrogen and oxygen atoms in total. The van der Waals surface area contributed by atoms with E-state index in [1.165, 1.54) is 0 Å². The maximum atomic E-state index is 13.2. The van der Waals surface area contributed by atoms with Crippen molar-refractivity contribution in [2.75, 3.05) is 6.61 Å². The second kappa shape index (κ2) is 10.6. The number of benzene rings is 2. The van der Waals surface area contributed by atoms with E-state index < -0.39 is 24.0 Å². The molecule has 1 fully saturated rings. The first-order chi connectivity index (χ1) is 14.9. The van der Waals surface area contributed by atoms with Gasteiger partial charge < -0.3 is 19.0 Å². The monoisotopic (exact) mass is 425 g/mol. The summed E-state index contributed by atoms with van der Waals surface area (Å²) in [5.74, 6) is 0. The van der Waals surface area contributed by atoms with Gasteiger partial charge >= 0.3 is 6.09 Å². The van der Waals surface area contributed by atoms with E-state index in [-0.39, 0.29) is 6.04 Å². The van der Waals surface area contributed by atoms with Crippen molar-refractivity contribution in [1.29, 1.82) is 0 Å². The van der Waals surface area contributed by atoms with E-state index in [1.807, 2.05) is 81.4 Å². The zero-order valence-corrected chi connectivity index (χ0v) is 18.4. The average molecular weight is 426 g/mol. The summed E-state index contributed by atoms with van der Waals surface area (Å²) in [5.41, 5.74) is 1.34. The van der Waals surface area contributed by atoms with Crippen LogP contribution in [0.1, 0.15) is 50.8 Å². The minimum atomic E-state index is -0.649. The lowest BCUT2D eigenvalue weighted by Gasteiger charge is -2.34. The van der Waals surface area contributed by atoms with Crippen LogP contribution in [0.3, 0.4) is 0 Å². The van der Waals surface area contributed by atoms with Crippen LogP contribution in [-0.2, 0) is 25.6 Å². The SMILES string of the molecule is CC(C)(C)OC(=O)N1[C@@H]([C@H](CCC=O)OCc2ccccc2)OC[C@H]1c1ccccc1. The number of hydrogen-bond acceptors (Lipinski definition) is 5. The molecule has 0 unspecified atom stereocenters. The molecular weight excluding hydrogens is 394 g/mol. The quantitative estimate of drug-likeness (QED) is 0.564. The molecule has 0 radical (unpaired) electrons. The molecule has 1 aliphatic rings. The lowest BCUT2D eigenvalue weighted by Crippen LogP contribution is -2.47. The number of carbonyl (C=O) groups excluding carboxylic acids is 2. The second-order valence-corrected chi connectivity index (χ2v) is 8.62. The minimum absolute atomic E-state index is 0.292. The van der Waals surface area contributed by atoms with Crippen molar-refractivity contribution in [3.05, 3.63) is 71.8 Å². The molecule has 31 heavy (non-hydrogen) atoms. The van der Waals surface area contributed by atoms with Crippen LogP contribution in [0.15, 0.2) is 60.7 Å². The second-order valence-electron chi connectivity index (χ2n) is 8.62. The Kier molecular flexibility index (Phi) is 7.82. The molecule has 0 bridgehead atoms. The summed E-state index contributed by atoms with van der Waals surface area (Å²) in [6.45, 7) is 6.21. The summed E-state index contributed by atoms with van der Waals surface area (Å²) >= 11 is 0. The van der Waals surface area contributed by atoms with Gasteiger partial charge in [0.25, 0.3) is 0 Å². The number of rotatable bonds is 8. The van der Waals surface area contributed by atoms with E-state index >= 15 is 0 Å². The Morgan fingerprint density at radius 2 is 1.77 bits per heavy atom. The molecule has 0 N–H and O–H groups in total. The molecule has 1 saturated heterocycles. The molecular formula is C25H31NO5. The molecule has 0 aromatic heterocycles. The van der Waals surface area contributed by atoms with Crippen molar-refractivity contribution in [1.82, 2.24) is 4.90 Å². The summed E-state index contributed by atoms with van der Waals surface area (Å²) < 4.78 is 18.0. The summed E-state index contributed by atoms with van der Waals surface area (Å²) in [5, 5.41) is 0. The highest BCUT2D eigenvalue weighted by atomic mass is 16.6. The highest BCUT2D eigenvalue weighted by Gasteiger charge is 2.45. The number of amides is 1. The van der Waals surface area contributed by atoms with E-state index in [9.17, 15) is 9.59 Å². The topological polar surface area (TPSA) is 65.1 Å². The Labute approximate surface area is 184 Å².